The van der Waals surface area contributed by atoms with Gasteiger partial charge in [-0.3, -0.25) is 0 Å². The lowest BCUT2D eigenvalue weighted by atomic mass is 9.94. The topological polar surface area (TPSA) is 42.2 Å². The first-order valence-electron chi connectivity index (χ1n) is 4.56. The number of rotatable bonds is 1. The summed E-state index contributed by atoms with van der Waals surface area (Å²) in [5.41, 5.74) is 0.992. The molecule has 70 valence electrons. The Labute approximate surface area is 77.9 Å². The van der Waals surface area contributed by atoms with Crippen LogP contribution in [-0.2, 0) is 9.47 Å². The molecule has 2 heterocycles. The van der Waals surface area contributed by atoms with Gasteiger partial charge < -0.3 is 9.47 Å². The van der Waals surface area contributed by atoms with E-state index in [4.69, 9.17) is 14.7 Å². The second-order valence-corrected chi connectivity index (χ2v) is 3.80. The van der Waals surface area contributed by atoms with Crippen LogP contribution in [0.15, 0.2) is 12.2 Å². The molecule has 13 heavy (non-hydrogen) atoms. The van der Waals surface area contributed by atoms with Crippen molar-refractivity contribution in [1.29, 1.82) is 5.26 Å². The van der Waals surface area contributed by atoms with Crippen LogP contribution in [0.3, 0.4) is 0 Å². The van der Waals surface area contributed by atoms with Crippen molar-refractivity contribution in [3.05, 3.63) is 12.2 Å². The van der Waals surface area contributed by atoms with Crippen LogP contribution in [-0.4, -0.2) is 18.5 Å². The third-order valence-electron chi connectivity index (χ3n) is 2.62. The molecular weight excluding hydrogens is 166 g/mol. The van der Waals surface area contributed by atoms with Gasteiger partial charge in [-0.2, -0.15) is 5.26 Å². The summed E-state index contributed by atoms with van der Waals surface area (Å²) in [6.45, 7) is 5.80. The summed E-state index contributed by atoms with van der Waals surface area (Å²) in [5.74, 6) is 0.0908. The fraction of sp³-hybridized carbons (Fsp3) is 0.700. The standard InChI is InChI=1S/C10H13NO2/c1-6(2)10-8-3-7(5-11)4-9(12-8)13-10/h7-10H,1,3-4H2,2H3/t7-,8+,9+,10-/m0/s1. The monoisotopic (exact) mass is 179 g/mol. The summed E-state index contributed by atoms with van der Waals surface area (Å²) in [6, 6.07) is 2.27. The predicted octanol–water partition coefficient (Wildman–Crippen LogP) is 1.61. The minimum Gasteiger partial charge on any atom is -0.346 e. The van der Waals surface area contributed by atoms with Crippen LogP contribution in [0, 0.1) is 17.2 Å². The quantitative estimate of drug-likeness (QED) is 0.574. The van der Waals surface area contributed by atoms with Crippen LogP contribution in [0.1, 0.15) is 19.8 Å². The number of hydrogen-bond acceptors (Lipinski definition) is 3. The highest BCUT2D eigenvalue weighted by molar-refractivity contribution is 5.07. The van der Waals surface area contributed by atoms with E-state index in [2.05, 4.69) is 12.6 Å². The van der Waals surface area contributed by atoms with Crippen LogP contribution < -0.4 is 0 Å². The van der Waals surface area contributed by atoms with Crippen LogP contribution in [0.5, 0.6) is 0 Å². The van der Waals surface area contributed by atoms with Gasteiger partial charge in [-0.15, -0.1) is 0 Å². The van der Waals surface area contributed by atoms with Gasteiger partial charge in [-0.25, -0.2) is 0 Å². The SMILES string of the molecule is C=C(C)[C@@H]1O[C@@H]2C[C@@H](C#N)C[C@H]1O2. The molecule has 3 nitrogen and oxygen atoms in total. The Morgan fingerprint density at radius 1 is 1.46 bits per heavy atom. The molecule has 0 N–H and O–H groups in total. The zero-order valence-corrected chi connectivity index (χ0v) is 7.69. The van der Waals surface area contributed by atoms with E-state index in [9.17, 15) is 0 Å². The first-order chi connectivity index (χ1) is 6.20. The molecule has 2 rings (SSSR count). The molecule has 2 fully saturated rings. The molecule has 2 saturated heterocycles. The van der Waals surface area contributed by atoms with Crippen molar-refractivity contribution < 1.29 is 9.47 Å². The summed E-state index contributed by atoms with van der Waals surface area (Å²) in [5, 5.41) is 8.80. The Morgan fingerprint density at radius 2 is 2.23 bits per heavy atom. The second kappa shape index (κ2) is 3.13. The van der Waals surface area contributed by atoms with Crippen molar-refractivity contribution >= 4 is 0 Å². The van der Waals surface area contributed by atoms with Gasteiger partial charge in [0.2, 0.25) is 0 Å². The minimum absolute atomic E-state index is 0.00310. The lowest BCUT2D eigenvalue weighted by molar-refractivity contribution is -0.0936. The zero-order chi connectivity index (χ0) is 9.42. The Hall–Kier alpha value is -0.850. The zero-order valence-electron chi connectivity index (χ0n) is 7.69. The van der Waals surface area contributed by atoms with Gasteiger partial charge in [-0.1, -0.05) is 6.58 Å². The summed E-state index contributed by atoms with van der Waals surface area (Å²) < 4.78 is 11.2. The summed E-state index contributed by atoms with van der Waals surface area (Å²) in [4.78, 5) is 0. The van der Waals surface area contributed by atoms with Gasteiger partial charge in [0, 0.05) is 6.42 Å². The van der Waals surface area contributed by atoms with Crippen LogP contribution in [0.4, 0.5) is 0 Å². The number of nitriles is 1. The van der Waals surface area contributed by atoms with E-state index in [1.807, 2.05) is 6.92 Å². The van der Waals surface area contributed by atoms with Crippen LogP contribution in [0.25, 0.3) is 0 Å². The van der Waals surface area contributed by atoms with E-state index in [1.54, 1.807) is 0 Å². The van der Waals surface area contributed by atoms with E-state index in [0.29, 0.717) is 6.42 Å². The van der Waals surface area contributed by atoms with Gasteiger partial charge in [0.1, 0.15) is 6.10 Å². The Morgan fingerprint density at radius 3 is 2.85 bits per heavy atom. The molecule has 0 aromatic rings. The number of fused-ring (bicyclic) bond motifs is 2. The van der Waals surface area contributed by atoms with Crippen molar-refractivity contribution in [2.75, 3.05) is 0 Å². The van der Waals surface area contributed by atoms with E-state index < -0.39 is 0 Å². The lowest BCUT2D eigenvalue weighted by Gasteiger charge is -2.22. The molecule has 0 radical (unpaired) electrons. The minimum atomic E-state index is -0.176. The average molecular weight is 179 g/mol. The summed E-state index contributed by atoms with van der Waals surface area (Å²) >= 11 is 0. The van der Waals surface area contributed by atoms with Crippen LogP contribution in [0.2, 0.25) is 0 Å². The predicted molar refractivity (Wildman–Crippen MR) is 46.7 cm³/mol. The highest BCUT2D eigenvalue weighted by Crippen LogP contribution is 2.36. The molecule has 0 aromatic heterocycles. The number of hydrogen-bond donors (Lipinski definition) is 0. The van der Waals surface area contributed by atoms with Gasteiger partial charge in [0.05, 0.1) is 18.1 Å². The first-order valence-corrected chi connectivity index (χ1v) is 4.56. The molecule has 0 amide bonds. The second-order valence-electron chi connectivity index (χ2n) is 3.80. The average Bonchev–Trinajstić information content (AvgIpc) is 2.41. The number of nitrogens with zero attached hydrogens (tertiary/aromatic N) is 1. The molecule has 0 aromatic carbocycles. The van der Waals surface area contributed by atoms with E-state index in [0.717, 1.165) is 12.0 Å². The summed E-state index contributed by atoms with van der Waals surface area (Å²) in [7, 11) is 0. The Bertz CT molecular complexity index is 269. The Balaban J connectivity index is 2.10. The molecule has 2 aliphatic rings. The molecule has 2 aliphatic heterocycles. The fourth-order valence-electron chi connectivity index (χ4n) is 1.99. The van der Waals surface area contributed by atoms with Gasteiger partial charge in [0.25, 0.3) is 0 Å². The molecule has 3 heteroatoms. The van der Waals surface area contributed by atoms with Gasteiger partial charge in [-0.05, 0) is 18.9 Å². The highest BCUT2D eigenvalue weighted by Gasteiger charge is 2.43. The molecule has 0 unspecified atom stereocenters. The van der Waals surface area contributed by atoms with Crippen molar-refractivity contribution in [3.63, 3.8) is 0 Å². The van der Waals surface area contributed by atoms with Crippen molar-refractivity contribution in [2.24, 2.45) is 5.92 Å². The van der Waals surface area contributed by atoms with Gasteiger partial charge >= 0.3 is 0 Å². The maximum Gasteiger partial charge on any atom is 0.160 e. The largest absolute Gasteiger partial charge is 0.346 e. The smallest absolute Gasteiger partial charge is 0.160 e. The van der Waals surface area contributed by atoms with Crippen LogP contribution >= 0.6 is 0 Å². The van der Waals surface area contributed by atoms with Crippen molar-refractivity contribution in [2.45, 2.75) is 38.3 Å². The van der Waals surface area contributed by atoms with Crippen molar-refractivity contribution in [3.8, 4) is 6.07 Å². The number of ether oxygens (including phenoxy) is 2. The van der Waals surface area contributed by atoms with E-state index in [-0.39, 0.29) is 24.4 Å². The molecule has 2 bridgehead atoms. The maximum atomic E-state index is 8.80. The highest BCUT2D eigenvalue weighted by atomic mass is 16.7. The molecule has 0 aliphatic carbocycles. The molecule has 4 atom stereocenters. The molecule has 0 spiro atoms. The normalized spacial score (nSPS) is 42.8. The molecule has 0 saturated carbocycles. The maximum absolute atomic E-state index is 8.80. The van der Waals surface area contributed by atoms with Gasteiger partial charge in [0.15, 0.2) is 6.29 Å². The fourth-order valence-corrected chi connectivity index (χ4v) is 1.99. The summed E-state index contributed by atoms with van der Waals surface area (Å²) in [6.07, 6.45) is 1.37. The molecular formula is C10H13NO2. The third kappa shape index (κ3) is 1.48. The third-order valence-corrected chi connectivity index (χ3v) is 2.62. The lowest BCUT2D eigenvalue weighted by Crippen LogP contribution is -2.28. The Kier molecular flexibility index (Phi) is 2.10. The first kappa shape index (κ1) is 8.74. The van der Waals surface area contributed by atoms with E-state index in [1.165, 1.54) is 0 Å². The van der Waals surface area contributed by atoms with Crippen molar-refractivity contribution in [1.82, 2.24) is 0 Å². The van der Waals surface area contributed by atoms with E-state index >= 15 is 0 Å².